The van der Waals surface area contributed by atoms with E-state index in [1.165, 1.54) is 13.3 Å². The maximum atomic E-state index is 13.0. The highest BCUT2D eigenvalue weighted by atomic mass is 35.5. The molecular weight excluding hydrogens is 458 g/mol. The number of pyridine rings is 1. The minimum Gasteiger partial charge on any atom is -0.481 e. The van der Waals surface area contributed by atoms with Crippen LogP contribution in [0.25, 0.3) is 11.3 Å². The Bertz CT molecular complexity index is 1030. The molecule has 2 fully saturated rings. The van der Waals surface area contributed by atoms with E-state index < -0.39 is 0 Å². The van der Waals surface area contributed by atoms with Crippen LogP contribution in [0.1, 0.15) is 55.9 Å². The number of hydrogen-bond acceptors (Lipinski definition) is 6. The summed E-state index contributed by atoms with van der Waals surface area (Å²) >= 11 is 6.25. The van der Waals surface area contributed by atoms with E-state index in [2.05, 4.69) is 27.4 Å². The Morgan fingerprint density at radius 1 is 1.18 bits per heavy atom. The Morgan fingerprint density at radius 3 is 2.53 bits per heavy atom. The molecule has 2 aromatic rings. The molecule has 4 rings (SSSR count). The van der Waals surface area contributed by atoms with Gasteiger partial charge in [0.15, 0.2) is 0 Å². The zero-order valence-corrected chi connectivity index (χ0v) is 20.7. The smallest absolute Gasteiger partial charge is 0.271 e. The number of carbonyl (C=O) groups is 2. The summed E-state index contributed by atoms with van der Waals surface area (Å²) in [5.41, 5.74) is 1.48. The van der Waals surface area contributed by atoms with Crippen molar-refractivity contribution < 1.29 is 19.1 Å². The Labute approximate surface area is 204 Å². The number of amides is 2. The first kappa shape index (κ1) is 24.5. The maximum Gasteiger partial charge on any atom is 0.271 e. The molecule has 1 aliphatic carbocycles. The molecule has 2 N–H and O–H groups in total. The van der Waals surface area contributed by atoms with Crippen molar-refractivity contribution in [1.29, 1.82) is 0 Å². The fourth-order valence-corrected chi connectivity index (χ4v) is 4.91. The van der Waals surface area contributed by atoms with Gasteiger partial charge in [-0.1, -0.05) is 11.6 Å². The van der Waals surface area contributed by atoms with Gasteiger partial charge in [0, 0.05) is 43.8 Å². The average Bonchev–Trinajstić information content (AvgIpc) is 3.35. The van der Waals surface area contributed by atoms with Gasteiger partial charge >= 0.3 is 0 Å². The first-order valence-electron chi connectivity index (χ1n) is 11.7. The zero-order valence-electron chi connectivity index (χ0n) is 19.9. The third kappa shape index (κ3) is 5.36. The van der Waals surface area contributed by atoms with Crippen LogP contribution in [0.5, 0.6) is 5.88 Å². The molecule has 1 saturated heterocycles. The highest BCUT2D eigenvalue weighted by Gasteiger charge is 2.34. The number of ether oxygens (including phenoxy) is 2. The lowest BCUT2D eigenvalue weighted by Gasteiger charge is -2.37. The van der Waals surface area contributed by atoms with Gasteiger partial charge in [0.2, 0.25) is 11.8 Å². The molecule has 10 heteroatoms. The van der Waals surface area contributed by atoms with Crippen LogP contribution in [-0.2, 0) is 9.53 Å². The summed E-state index contributed by atoms with van der Waals surface area (Å²) in [6, 6.07) is 3.56. The quantitative estimate of drug-likeness (QED) is 0.643. The van der Waals surface area contributed by atoms with Gasteiger partial charge < -0.3 is 19.7 Å². The Hall–Kier alpha value is -2.65. The number of hydrogen-bond donors (Lipinski definition) is 2. The van der Waals surface area contributed by atoms with Gasteiger partial charge in [0.05, 0.1) is 29.6 Å². The van der Waals surface area contributed by atoms with Gasteiger partial charge in [-0.3, -0.25) is 14.7 Å². The van der Waals surface area contributed by atoms with E-state index in [4.69, 9.17) is 21.1 Å². The number of aromatic amines is 1. The summed E-state index contributed by atoms with van der Waals surface area (Å²) in [6.07, 6.45) is 6.55. The first-order valence-corrected chi connectivity index (χ1v) is 12.1. The van der Waals surface area contributed by atoms with Gasteiger partial charge in [-0.15, -0.1) is 0 Å². The van der Waals surface area contributed by atoms with E-state index in [0.717, 1.165) is 25.7 Å². The van der Waals surface area contributed by atoms with E-state index in [-0.39, 0.29) is 29.4 Å². The number of rotatable bonds is 6. The predicted molar refractivity (Wildman–Crippen MR) is 128 cm³/mol. The Balaban J connectivity index is 1.30. The highest BCUT2D eigenvalue weighted by molar-refractivity contribution is 6.33. The van der Waals surface area contributed by atoms with Crippen LogP contribution >= 0.6 is 11.6 Å². The molecule has 2 amide bonds. The summed E-state index contributed by atoms with van der Waals surface area (Å²) in [5.74, 6) is 0.306. The fraction of sp³-hybridized carbons (Fsp3) is 0.583. The summed E-state index contributed by atoms with van der Waals surface area (Å²) in [6.45, 7) is 3.19. The van der Waals surface area contributed by atoms with E-state index >= 15 is 0 Å². The van der Waals surface area contributed by atoms with Crippen molar-refractivity contribution in [3.05, 3.63) is 29.0 Å². The number of piperidine rings is 1. The summed E-state index contributed by atoms with van der Waals surface area (Å²) in [7, 11) is 3.28. The molecule has 1 saturated carbocycles. The van der Waals surface area contributed by atoms with Crippen LogP contribution in [0.2, 0.25) is 5.02 Å². The zero-order chi connectivity index (χ0) is 24.3. The molecule has 184 valence electrons. The predicted octanol–water partition coefficient (Wildman–Crippen LogP) is 3.45. The second-order valence-electron chi connectivity index (χ2n) is 9.38. The highest BCUT2D eigenvalue weighted by Crippen LogP contribution is 2.32. The molecule has 1 aliphatic heterocycles. The number of halogens is 1. The second kappa shape index (κ2) is 10.3. The van der Waals surface area contributed by atoms with Crippen LogP contribution < -0.4 is 10.1 Å². The molecule has 0 radical (unpaired) electrons. The van der Waals surface area contributed by atoms with Gasteiger partial charge in [-0.25, -0.2) is 4.98 Å². The first-order chi connectivity index (χ1) is 16.3. The molecule has 0 spiro atoms. The molecule has 2 aliphatic rings. The van der Waals surface area contributed by atoms with Crippen LogP contribution in [0.4, 0.5) is 0 Å². The van der Waals surface area contributed by atoms with Crippen molar-refractivity contribution in [2.24, 2.45) is 5.92 Å². The average molecular weight is 490 g/mol. The minimum absolute atomic E-state index is 0.0693. The lowest BCUT2D eigenvalue weighted by molar-refractivity contribution is -0.127. The number of H-pyrrole nitrogens is 1. The molecule has 0 atom stereocenters. The largest absolute Gasteiger partial charge is 0.481 e. The third-order valence-corrected chi connectivity index (χ3v) is 7.46. The van der Waals surface area contributed by atoms with Crippen molar-refractivity contribution in [3.63, 3.8) is 0 Å². The van der Waals surface area contributed by atoms with Crippen LogP contribution in [-0.4, -0.2) is 70.8 Å². The van der Waals surface area contributed by atoms with Crippen LogP contribution in [0, 0.1) is 5.92 Å². The van der Waals surface area contributed by atoms with E-state index in [0.29, 0.717) is 53.8 Å². The molecule has 0 aromatic carbocycles. The lowest BCUT2D eigenvalue weighted by Crippen LogP contribution is -2.47. The van der Waals surface area contributed by atoms with Crippen molar-refractivity contribution in [3.8, 4) is 17.1 Å². The molecule has 9 nitrogen and oxygen atoms in total. The molecular formula is C24H32ClN5O4. The number of nitrogens with one attached hydrogen (secondary N) is 2. The summed E-state index contributed by atoms with van der Waals surface area (Å²) in [4.78, 5) is 31.6. The minimum atomic E-state index is -0.138. The summed E-state index contributed by atoms with van der Waals surface area (Å²) in [5, 5.41) is 10.7. The third-order valence-electron chi connectivity index (χ3n) is 7.16. The van der Waals surface area contributed by atoms with Gasteiger partial charge in [0.25, 0.3) is 5.91 Å². The Morgan fingerprint density at radius 2 is 1.88 bits per heavy atom. The van der Waals surface area contributed by atoms with Crippen molar-refractivity contribution in [2.75, 3.05) is 27.3 Å². The molecule has 0 unspecified atom stereocenters. The molecule has 34 heavy (non-hydrogen) atoms. The van der Waals surface area contributed by atoms with Gasteiger partial charge in [-0.2, -0.15) is 5.10 Å². The van der Waals surface area contributed by atoms with Crippen molar-refractivity contribution in [1.82, 2.24) is 25.4 Å². The number of aromatic nitrogens is 3. The number of carbonyl (C=O) groups excluding carboxylic acids is 2. The van der Waals surface area contributed by atoms with E-state index in [9.17, 15) is 9.59 Å². The number of nitrogens with zero attached hydrogens (tertiary/aromatic N) is 3. The van der Waals surface area contributed by atoms with Gasteiger partial charge in [0.1, 0.15) is 5.69 Å². The molecule has 0 bridgehead atoms. The summed E-state index contributed by atoms with van der Waals surface area (Å²) < 4.78 is 10.7. The van der Waals surface area contributed by atoms with Crippen LogP contribution in [0.3, 0.4) is 0 Å². The molecule has 3 heterocycles. The lowest BCUT2D eigenvalue weighted by atomic mass is 9.83. The topological polar surface area (TPSA) is 109 Å². The maximum absolute atomic E-state index is 13.0. The number of methoxy groups -OCH3 is 2. The monoisotopic (exact) mass is 489 g/mol. The van der Waals surface area contributed by atoms with Gasteiger partial charge in [-0.05, 0) is 51.5 Å². The standard InChI is InChI=1S/C24H32ClN5O4/c1-24(34-3)8-4-16(5-9-24)27-22(31)15-6-10-30(11-7-15)23(32)20-13-19(28-29-20)17-12-21(33-2)26-14-18(17)25/h12-16H,4-11H2,1-3H3,(H,27,31)(H,28,29). The Kier molecular flexibility index (Phi) is 7.42. The molecule has 2 aromatic heterocycles. The number of likely N-dealkylation sites (tertiary alicyclic amines) is 1. The van der Waals surface area contributed by atoms with Crippen molar-refractivity contribution in [2.45, 2.75) is 57.1 Å². The van der Waals surface area contributed by atoms with Crippen molar-refractivity contribution >= 4 is 23.4 Å². The fourth-order valence-electron chi connectivity index (χ4n) is 4.71. The second-order valence-corrected chi connectivity index (χ2v) is 9.78. The SMILES string of the molecule is COc1cc(-c2cc(C(=O)N3CCC(C(=O)NC4CCC(C)(OC)CC4)CC3)[nH]n2)c(Cl)cn1. The van der Waals surface area contributed by atoms with E-state index in [1.807, 2.05) is 0 Å². The normalized spacial score (nSPS) is 23.5. The van der Waals surface area contributed by atoms with Crippen LogP contribution in [0.15, 0.2) is 18.3 Å². The van der Waals surface area contributed by atoms with E-state index in [1.54, 1.807) is 24.1 Å².